The lowest BCUT2D eigenvalue weighted by molar-refractivity contribution is 0.0776. The molecule has 1 N–H and O–H groups in total. The molecule has 2 aliphatic rings. The largest absolute Gasteiger partial charge is 0.383 e. The van der Waals surface area contributed by atoms with Crippen molar-refractivity contribution in [2.24, 2.45) is 18.9 Å². The topological polar surface area (TPSA) is 107 Å². The third kappa shape index (κ3) is 3.32. The van der Waals surface area contributed by atoms with Gasteiger partial charge in [-0.05, 0) is 17.9 Å². The van der Waals surface area contributed by atoms with E-state index in [1.807, 2.05) is 9.47 Å². The zero-order chi connectivity index (χ0) is 19.0. The number of rotatable bonds is 5. The minimum atomic E-state index is -0.247. The zero-order valence-electron chi connectivity index (χ0n) is 15.5. The summed E-state index contributed by atoms with van der Waals surface area (Å²) in [5.74, 6) is 1.46. The number of methoxy groups -OCH3 is 1. The Kier molecular flexibility index (Phi) is 4.65. The lowest BCUT2D eigenvalue weighted by atomic mass is 9.89. The van der Waals surface area contributed by atoms with Gasteiger partial charge in [0.05, 0.1) is 6.61 Å². The number of nitrogens with one attached hydrogen (secondary N) is 1. The first kappa shape index (κ1) is 17.7. The highest BCUT2D eigenvalue weighted by Crippen LogP contribution is 2.33. The van der Waals surface area contributed by atoms with E-state index in [1.165, 1.54) is 0 Å². The highest BCUT2D eigenvalue weighted by atomic mass is 16.5. The normalized spacial score (nSPS) is 21.0. The van der Waals surface area contributed by atoms with Gasteiger partial charge < -0.3 is 19.5 Å². The Bertz CT molecular complexity index is 859. The van der Waals surface area contributed by atoms with E-state index >= 15 is 0 Å². The Morgan fingerprint density at radius 1 is 1.26 bits per heavy atom. The number of hydrogen-bond acceptors (Lipinski definition) is 6. The van der Waals surface area contributed by atoms with Gasteiger partial charge in [0.25, 0.3) is 11.8 Å². The maximum absolute atomic E-state index is 12.7. The summed E-state index contributed by atoms with van der Waals surface area (Å²) in [4.78, 5) is 26.9. The number of fused-ring (bicyclic) bond motifs is 2. The minimum absolute atomic E-state index is 0.0432. The van der Waals surface area contributed by atoms with Crippen molar-refractivity contribution in [1.82, 2.24) is 34.8 Å². The Labute approximate surface area is 156 Å². The van der Waals surface area contributed by atoms with Crippen LogP contribution in [0.5, 0.6) is 0 Å². The number of aryl methyl sites for hydroxylation is 1. The van der Waals surface area contributed by atoms with Gasteiger partial charge in [0, 0.05) is 53.0 Å². The Morgan fingerprint density at radius 2 is 2.07 bits per heavy atom. The SMILES string of the molecule is COCCNC(=O)c1nnc2n1C[C@@H]1CN(C(=O)c3ccn(C)n3)C[C@@H]1C2. The van der Waals surface area contributed by atoms with Gasteiger partial charge in [-0.1, -0.05) is 0 Å². The molecule has 4 heterocycles. The first-order valence-electron chi connectivity index (χ1n) is 9.05. The molecule has 2 amide bonds. The number of carbonyl (C=O) groups excluding carboxylic acids is 2. The van der Waals surface area contributed by atoms with E-state index in [2.05, 4.69) is 20.6 Å². The van der Waals surface area contributed by atoms with Crippen LogP contribution in [0.4, 0.5) is 0 Å². The van der Waals surface area contributed by atoms with Crippen LogP contribution < -0.4 is 5.32 Å². The number of amides is 2. The molecule has 0 bridgehead atoms. The monoisotopic (exact) mass is 373 g/mol. The third-order valence-corrected chi connectivity index (χ3v) is 5.28. The molecule has 0 aromatic carbocycles. The average Bonchev–Trinajstić information content (AvgIpc) is 3.36. The van der Waals surface area contributed by atoms with Crippen molar-refractivity contribution in [3.8, 4) is 0 Å². The molecule has 1 saturated heterocycles. The molecule has 0 radical (unpaired) electrons. The van der Waals surface area contributed by atoms with Crippen molar-refractivity contribution in [3.05, 3.63) is 29.6 Å². The Morgan fingerprint density at radius 3 is 2.81 bits per heavy atom. The summed E-state index contributed by atoms with van der Waals surface area (Å²) in [5.41, 5.74) is 0.466. The molecule has 0 saturated carbocycles. The maximum atomic E-state index is 12.7. The quantitative estimate of drug-likeness (QED) is 0.697. The van der Waals surface area contributed by atoms with Crippen molar-refractivity contribution in [2.45, 2.75) is 13.0 Å². The lowest BCUT2D eigenvalue weighted by Gasteiger charge is -2.25. The molecule has 0 spiro atoms. The second-order valence-corrected chi connectivity index (χ2v) is 7.11. The fraction of sp³-hybridized carbons (Fsp3) is 0.588. The molecule has 10 heteroatoms. The second-order valence-electron chi connectivity index (χ2n) is 7.11. The zero-order valence-corrected chi connectivity index (χ0v) is 15.5. The molecule has 144 valence electrons. The van der Waals surface area contributed by atoms with E-state index in [1.54, 1.807) is 31.1 Å². The molecule has 10 nitrogen and oxygen atoms in total. The molecule has 2 aromatic heterocycles. The van der Waals surface area contributed by atoms with Crippen molar-refractivity contribution in [3.63, 3.8) is 0 Å². The lowest BCUT2D eigenvalue weighted by Crippen LogP contribution is -2.34. The number of hydrogen-bond donors (Lipinski definition) is 1. The number of aromatic nitrogens is 5. The van der Waals surface area contributed by atoms with Gasteiger partial charge in [-0.2, -0.15) is 5.10 Å². The predicted octanol–water partition coefficient (Wildman–Crippen LogP) is -0.668. The molecule has 2 atom stereocenters. The maximum Gasteiger partial charge on any atom is 0.289 e. The molecule has 27 heavy (non-hydrogen) atoms. The van der Waals surface area contributed by atoms with Gasteiger partial charge in [0.1, 0.15) is 11.5 Å². The molecule has 4 rings (SSSR count). The first-order valence-corrected chi connectivity index (χ1v) is 9.05. The van der Waals surface area contributed by atoms with Gasteiger partial charge in [0.2, 0.25) is 5.82 Å². The summed E-state index contributed by atoms with van der Waals surface area (Å²) in [6.45, 7) is 2.86. The van der Waals surface area contributed by atoms with E-state index in [-0.39, 0.29) is 17.7 Å². The molecule has 2 aromatic rings. The van der Waals surface area contributed by atoms with Crippen LogP contribution in [0.25, 0.3) is 0 Å². The fourth-order valence-corrected chi connectivity index (χ4v) is 3.89. The van der Waals surface area contributed by atoms with Gasteiger partial charge in [-0.15, -0.1) is 10.2 Å². The number of ether oxygens (including phenoxy) is 1. The highest BCUT2D eigenvalue weighted by molar-refractivity contribution is 5.92. The van der Waals surface area contributed by atoms with Gasteiger partial charge in [-0.25, -0.2) is 0 Å². The van der Waals surface area contributed by atoms with Crippen LogP contribution in [0.1, 0.15) is 26.9 Å². The van der Waals surface area contributed by atoms with Gasteiger partial charge in [0.15, 0.2) is 0 Å². The summed E-state index contributed by atoms with van der Waals surface area (Å²) < 4.78 is 8.47. The Balaban J connectivity index is 1.44. The van der Waals surface area contributed by atoms with Crippen molar-refractivity contribution >= 4 is 11.8 Å². The van der Waals surface area contributed by atoms with Crippen LogP contribution in [0.15, 0.2) is 12.3 Å². The average molecular weight is 373 g/mol. The van der Waals surface area contributed by atoms with E-state index in [0.717, 1.165) is 12.2 Å². The van der Waals surface area contributed by atoms with Crippen LogP contribution in [-0.2, 0) is 24.8 Å². The fourth-order valence-electron chi connectivity index (χ4n) is 3.89. The van der Waals surface area contributed by atoms with E-state index < -0.39 is 0 Å². The van der Waals surface area contributed by atoms with Crippen LogP contribution >= 0.6 is 0 Å². The van der Waals surface area contributed by atoms with E-state index in [4.69, 9.17) is 4.74 Å². The van der Waals surface area contributed by atoms with Crippen LogP contribution in [0.3, 0.4) is 0 Å². The molecular weight excluding hydrogens is 350 g/mol. The summed E-state index contributed by atoms with van der Waals surface area (Å²) in [5, 5.41) is 15.3. The van der Waals surface area contributed by atoms with E-state index in [0.29, 0.717) is 50.2 Å². The smallest absolute Gasteiger partial charge is 0.289 e. The highest BCUT2D eigenvalue weighted by Gasteiger charge is 2.41. The van der Waals surface area contributed by atoms with E-state index in [9.17, 15) is 9.59 Å². The van der Waals surface area contributed by atoms with Gasteiger partial charge in [-0.3, -0.25) is 14.3 Å². The standard InChI is InChI=1S/C17H23N7O3/c1-22-5-3-13(21-22)17(26)23-8-11-7-14-19-20-15(16(25)18-4-6-27-2)24(14)10-12(11)9-23/h3,5,11-12H,4,6-10H2,1-2H3,(H,18,25)/t11-,12-/m0/s1. The Hall–Kier alpha value is -2.75. The number of carbonyl (C=O) groups is 2. The van der Waals surface area contributed by atoms with Crippen LogP contribution in [0.2, 0.25) is 0 Å². The summed E-state index contributed by atoms with van der Waals surface area (Å²) >= 11 is 0. The minimum Gasteiger partial charge on any atom is -0.383 e. The molecular formula is C17H23N7O3. The second kappa shape index (κ2) is 7.10. The number of likely N-dealkylation sites (tertiary alicyclic amines) is 1. The molecule has 1 fully saturated rings. The third-order valence-electron chi connectivity index (χ3n) is 5.28. The first-order chi connectivity index (χ1) is 13.1. The van der Waals surface area contributed by atoms with Gasteiger partial charge >= 0.3 is 0 Å². The van der Waals surface area contributed by atoms with Crippen molar-refractivity contribution in [1.29, 1.82) is 0 Å². The summed E-state index contributed by atoms with van der Waals surface area (Å²) in [6.07, 6.45) is 2.49. The molecule has 0 unspecified atom stereocenters. The summed E-state index contributed by atoms with van der Waals surface area (Å²) in [7, 11) is 3.38. The van der Waals surface area contributed by atoms with Crippen LogP contribution in [0, 0.1) is 11.8 Å². The summed E-state index contributed by atoms with van der Waals surface area (Å²) in [6, 6.07) is 1.74. The van der Waals surface area contributed by atoms with Crippen LogP contribution in [-0.4, -0.2) is 74.6 Å². The van der Waals surface area contributed by atoms with Crippen molar-refractivity contribution in [2.75, 3.05) is 33.4 Å². The predicted molar refractivity (Wildman–Crippen MR) is 94.0 cm³/mol. The molecule has 0 aliphatic carbocycles. The number of nitrogens with zero attached hydrogens (tertiary/aromatic N) is 6. The van der Waals surface area contributed by atoms with Crippen molar-refractivity contribution < 1.29 is 14.3 Å². The molecule has 2 aliphatic heterocycles.